The lowest BCUT2D eigenvalue weighted by Gasteiger charge is -2.06. The summed E-state index contributed by atoms with van der Waals surface area (Å²) in [5.74, 6) is -0.359. The van der Waals surface area contributed by atoms with Crippen LogP contribution in [0, 0.1) is 0 Å². The highest BCUT2D eigenvalue weighted by Crippen LogP contribution is 2.26. The monoisotopic (exact) mass is 266 g/mol. The molecule has 0 radical (unpaired) electrons. The van der Waals surface area contributed by atoms with Crippen molar-refractivity contribution in [1.82, 2.24) is 0 Å². The highest BCUT2D eigenvalue weighted by atomic mass is 19.4. The third kappa shape index (κ3) is 3.19. The molecular weight excluding hydrogens is 255 g/mol. The van der Waals surface area contributed by atoms with E-state index in [2.05, 4.69) is 0 Å². The second-order valence-electron chi connectivity index (χ2n) is 4.00. The predicted molar refractivity (Wildman–Crippen MR) is 62.4 cm³/mol. The largest absolute Gasteiger partial charge is 0.477 e. The van der Waals surface area contributed by atoms with Crippen LogP contribution in [0.25, 0.3) is 0 Å². The van der Waals surface area contributed by atoms with Crippen molar-refractivity contribution in [1.29, 1.82) is 0 Å². The SMILES string of the molecule is O=C(C[n+]1ccccc1C(F)(F)F)c1ccccc1. The molecule has 2 aromatic rings. The number of nitrogens with zero attached hydrogens (tertiary/aromatic N) is 1. The van der Waals surface area contributed by atoms with Gasteiger partial charge in [0.2, 0.25) is 12.3 Å². The van der Waals surface area contributed by atoms with Crippen molar-refractivity contribution in [2.75, 3.05) is 0 Å². The van der Waals surface area contributed by atoms with Crippen LogP contribution < -0.4 is 4.57 Å². The molecule has 98 valence electrons. The fraction of sp³-hybridized carbons (Fsp3) is 0.143. The van der Waals surface area contributed by atoms with Gasteiger partial charge in [-0.2, -0.15) is 17.7 Å². The van der Waals surface area contributed by atoms with E-state index < -0.39 is 11.9 Å². The normalized spacial score (nSPS) is 11.3. The Morgan fingerprint density at radius 1 is 1.00 bits per heavy atom. The van der Waals surface area contributed by atoms with Gasteiger partial charge in [0.25, 0.3) is 5.69 Å². The number of alkyl halides is 3. The van der Waals surface area contributed by atoms with Gasteiger partial charge in [0.1, 0.15) is 0 Å². The van der Waals surface area contributed by atoms with Crippen molar-refractivity contribution in [3.8, 4) is 0 Å². The minimum Gasteiger partial charge on any atom is -0.287 e. The van der Waals surface area contributed by atoms with E-state index in [4.69, 9.17) is 0 Å². The Hall–Kier alpha value is -2.17. The van der Waals surface area contributed by atoms with Crippen LogP contribution in [0.15, 0.2) is 54.7 Å². The second-order valence-corrected chi connectivity index (χ2v) is 4.00. The molecule has 1 aromatic carbocycles. The molecule has 0 atom stereocenters. The first-order valence-electron chi connectivity index (χ1n) is 5.62. The molecule has 0 bridgehead atoms. The molecule has 0 amide bonds. The van der Waals surface area contributed by atoms with E-state index in [1.54, 1.807) is 30.3 Å². The Balaban J connectivity index is 2.28. The molecule has 0 aliphatic rings. The van der Waals surface area contributed by atoms with E-state index >= 15 is 0 Å². The first kappa shape index (κ1) is 13.3. The topological polar surface area (TPSA) is 20.9 Å². The molecule has 0 aliphatic heterocycles. The maximum absolute atomic E-state index is 12.8. The van der Waals surface area contributed by atoms with E-state index in [0.717, 1.165) is 10.6 Å². The van der Waals surface area contributed by atoms with Crippen LogP contribution in [0.2, 0.25) is 0 Å². The summed E-state index contributed by atoms with van der Waals surface area (Å²) in [5.41, 5.74) is -0.439. The highest BCUT2D eigenvalue weighted by Gasteiger charge is 2.40. The van der Waals surface area contributed by atoms with Gasteiger partial charge in [-0.1, -0.05) is 30.3 Å². The minimum absolute atomic E-state index is 0.334. The second kappa shape index (κ2) is 5.22. The first-order chi connectivity index (χ1) is 8.98. The summed E-state index contributed by atoms with van der Waals surface area (Å²) in [6.07, 6.45) is -3.22. The number of carbonyl (C=O) groups excluding carboxylic acids is 1. The number of ketones is 1. The van der Waals surface area contributed by atoms with Crippen molar-refractivity contribution in [2.45, 2.75) is 12.7 Å². The Morgan fingerprint density at radius 2 is 1.63 bits per heavy atom. The van der Waals surface area contributed by atoms with Gasteiger partial charge in [-0.05, 0) is 6.07 Å². The van der Waals surface area contributed by atoms with E-state index in [1.165, 1.54) is 18.3 Å². The molecule has 0 unspecified atom stereocenters. The predicted octanol–water partition coefficient (Wildman–Crippen LogP) is 2.88. The summed E-state index contributed by atoms with van der Waals surface area (Å²) in [7, 11) is 0. The molecule has 0 aliphatic carbocycles. The van der Waals surface area contributed by atoms with Crippen LogP contribution in [0.4, 0.5) is 13.2 Å². The Labute approximate surface area is 108 Å². The van der Waals surface area contributed by atoms with Crippen molar-refractivity contribution >= 4 is 5.78 Å². The molecule has 0 fully saturated rings. The third-order valence-corrected chi connectivity index (χ3v) is 2.64. The van der Waals surface area contributed by atoms with E-state index in [9.17, 15) is 18.0 Å². The Morgan fingerprint density at radius 3 is 2.26 bits per heavy atom. The molecule has 5 heteroatoms. The molecule has 2 nitrogen and oxygen atoms in total. The molecule has 1 aromatic heterocycles. The number of pyridine rings is 1. The Kier molecular flexibility index (Phi) is 3.64. The summed E-state index contributed by atoms with van der Waals surface area (Å²) in [6.45, 7) is -0.334. The van der Waals surface area contributed by atoms with E-state index in [0.29, 0.717) is 5.56 Å². The summed E-state index contributed by atoms with van der Waals surface area (Å²) in [5, 5.41) is 0. The summed E-state index contributed by atoms with van der Waals surface area (Å²) < 4.78 is 39.2. The van der Waals surface area contributed by atoms with Gasteiger partial charge >= 0.3 is 6.18 Å². The van der Waals surface area contributed by atoms with Gasteiger partial charge in [-0.3, -0.25) is 4.79 Å². The van der Waals surface area contributed by atoms with Crippen LogP contribution >= 0.6 is 0 Å². The average Bonchev–Trinajstić information content (AvgIpc) is 2.39. The summed E-state index contributed by atoms with van der Waals surface area (Å²) in [6, 6.07) is 12.0. The van der Waals surface area contributed by atoms with Gasteiger partial charge in [-0.15, -0.1) is 0 Å². The fourth-order valence-corrected chi connectivity index (χ4v) is 1.74. The van der Waals surface area contributed by atoms with Crippen LogP contribution in [0.3, 0.4) is 0 Å². The zero-order valence-corrected chi connectivity index (χ0v) is 9.89. The lowest BCUT2D eigenvalue weighted by atomic mass is 10.1. The maximum atomic E-state index is 12.8. The molecule has 0 N–H and O–H groups in total. The van der Waals surface area contributed by atoms with Crippen LogP contribution in [-0.2, 0) is 12.7 Å². The van der Waals surface area contributed by atoms with Crippen molar-refractivity contribution in [2.24, 2.45) is 0 Å². The number of aromatic nitrogens is 1. The number of carbonyl (C=O) groups is 1. The van der Waals surface area contributed by atoms with Gasteiger partial charge in [0.05, 0.1) is 0 Å². The van der Waals surface area contributed by atoms with Gasteiger partial charge in [0, 0.05) is 17.7 Å². The van der Waals surface area contributed by atoms with Gasteiger partial charge in [-0.25, -0.2) is 0 Å². The zero-order valence-electron chi connectivity index (χ0n) is 9.89. The minimum atomic E-state index is -4.47. The quantitative estimate of drug-likeness (QED) is 0.618. The molecule has 0 spiro atoms. The number of benzene rings is 1. The fourth-order valence-electron chi connectivity index (χ4n) is 1.74. The third-order valence-electron chi connectivity index (χ3n) is 2.64. The molecule has 1 heterocycles. The summed E-state index contributed by atoms with van der Waals surface area (Å²) >= 11 is 0. The van der Waals surface area contributed by atoms with E-state index in [1.807, 2.05) is 0 Å². The number of hydrogen-bond acceptors (Lipinski definition) is 1. The lowest BCUT2D eigenvalue weighted by molar-refractivity contribution is -0.702. The number of hydrogen-bond donors (Lipinski definition) is 0. The van der Waals surface area contributed by atoms with Crippen LogP contribution in [-0.4, -0.2) is 5.78 Å². The molecule has 0 saturated carbocycles. The van der Waals surface area contributed by atoms with Crippen molar-refractivity contribution in [3.05, 3.63) is 66.0 Å². The maximum Gasteiger partial charge on any atom is 0.477 e. The molecule has 2 rings (SSSR count). The lowest BCUT2D eigenvalue weighted by Crippen LogP contribution is -2.44. The zero-order chi connectivity index (χ0) is 13.9. The average molecular weight is 266 g/mol. The highest BCUT2D eigenvalue weighted by molar-refractivity contribution is 5.94. The number of Topliss-reactive ketones (excluding diaryl/α,β-unsaturated/α-hetero) is 1. The van der Waals surface area contributed by atoms with E-state index in [-0.39, 0.29) is 12.3 Å². The van der Waals surface area contributed by atoms with Gasteiger partial charge < -0.3 is 0 Å². The Bertz CT molecular complexity index is 579. The van der Waals surface area contributed by atoms with Gasteiger partial charge in [0.15, 0.2) is 6.20 Å². The first-order valence-corrected chi connectivity index (χ1v) is 5.62. The molecule has 19 heavy (non-hydrogen) atoms. The van der Waals surface area contributed by atoms with Crippen molar-refractivity contribution in [3.63, 3.8) is 0 Å². The molecule has 0 saturated heterocycles. The van der Waals surface area contributed by atoms with Crippen LogP contribution in [0.5, 0.6) is 0 Å². The number of halogens is 3. The standard InChI is InChI=1S/C14H11F3NO/c15-14(16,17)13-8-4-5-9-18(13)10-12(19)11-6-2-1-3-7-11/h1-9H,10H2/q+1. The summed E-state index contributed by atoms with van der Waals surface area (Å²) in [4.78, 5) is 11.9. The molecular formula is C14H11F3NO+. The smallest absolute Gasteiger partial charge is 0.287 e. The number of rotatable bonds is 3. The van der Waals surface area contributed by atoms with Crippen LogP contribution in [0.1, 0.15) is 16.1 Å². The van der Waals surface area contributed by atoms with Crippen molar-refractivity contribution < 1.29 is 22.5 Å².